The molecule has 0 amide bonds. The molecule has 1 heterocycles. The summed E-state index contributed by atoms with van der Waals surface area (Å²) in [6.45, 7) is 5.02. The predicted octanol–water partition coefficient (Wildman–Crippen LogP) is 1.66. The summed E-state index contributed by atoms with van der Waals surface area (Å²) < 4.78 is 5.27. The van der Waals surface area contributed by atoms with Crippen LogP contribution in [0.5, 0.6) is 5.88 Å². The number of hydrogen-bond donors (Lipinski definition) is 2. The molecule has 0 aromatic carbocycles. The fourth-order valence-corrected chi connectivity index (χ4v) is 1.15. The van der Waals surface area contributed by atoms with Crippen molar-refractivity contribution in [3.05, 3.63) is 18.2 Å². The largest absolute Gasteiger partial charge is 0.478 e. The predicted molar refractivity (Wildman–Crippen MR) is 60.2 cm³/mol. The molecule has 1 unspecified atom stereocenters. The van der Waals surface area contributed by atoms with Crippen LogP contribution in [0.15, 0.2) is 18.2 Å². The van der Waals surface area contributed by atoms with Gasteiger partial charge in [-0.1, -0.05) is 6.07 Å². The topological polar surface area (TPSA) is 54.4 Å². The number of ether oxygens (including phenoxy) is 1. The van der Waals surface area contributed by atoms with Crippen LogP contribution in [0.1, 0.15) is 20.3 Å². The van der Waals surface area contributed by atoms with Crippen molar-refractivity contribution in [3.8, 4) is 5.88 Å². The summed E-state index contributed by atoms with van der Waals surface area (Å²) >= 11 is 0. The number of anilines is 1. The van der Waals surface area contributed by atoms with Gasteiger partial charge in [0.25, 0.3) is 0 Å². The quantitative estimate of drug-likeness (QED) is 0.749. The Morgan fingerprint density at radius 3 is 3.00 bits per heavy atom. The third-order valence-electron chi connectivity index (χ3n) is 1.88. The van der Waals surface area contributed by atoms with E-state index in [1.54, 1.807) is 6.92 Å². The Kier molecular flexibility index (Phi) is 4.90. The van der Waals surface area contributed by atoms with Crippen LogP contribution in [-0.4, -0.2) is 29.3 Å². The van der Waals surface area contributed by atoms with Crippen molar-refractivity contribution in [1.29, 1.82) is 0 Å². The number of aliphatic hydroxyl groups excluding tert-OH is 1. The fourth-order valence-electron chi connectivity index (χ4n) is 1.15. The molecule has 0 saturated heterocycles. The van der Waals surface area contributed by atoms with Gasteiger partial charge in [0.05, 0.1) is 12.7 Å². The molecule has 84 valence electrons. The third-order valence-corrected chi connectivity index (χ3v) is 1.88. The lowest BCUT2D eigenvalue weighted by Gasteiger charge is -2.08. The van der Waals surface area contributed by atoms with Gasteiger partial charge in [0.2, 0.25) is 5.88 Å². The number of nitrogens with zero attached hydrogens (tertiary/aromatic N) is 1. The van der Waals surface area contributed by atoms with Crippen molar-refractivity contribution in [2.75, 3.05) is 18.5 Å². The molecule has 1 aromatic heterocycles. The normalized spacial score (nSPS) is 12.2. The highest BCUT2D eigenvalue weighted by atomic mass is 16.5. The zero-order valence-corrected chi connectivity index (χ0v) is 9.23. The number of nitrogens with one attached hydrogen (secondary N) is 1. The van der Waals surface area contributed by atoms with E-state index in [4.69, 9.17) is 9.84 Å². The molecule has 0 radical (unpaired) electrons. The molecular formula is C11H18N2O2. The van der Waals surface area contributed by atoms with Crippen LogP contribution >= 0.6 is 0 Å². The summed E-state index contributed by atoms with van der Waals surface area (Å²) in [7, 11) is 0. The van der Waals surface area contributed by atoms with E-state index in [1.165, 1.54) is 0 Å². The molecule has 0 saturated carbocycles. The minimum Gasteiger partial charge on any atom is -0.478 e. The van der Waals surface area contributed by atoms with Gasteiger partial charge in [-0.05, 0) is 26.3 Å². The fraction of sp³-hybridized carbons (Fsp3) is 0.545. The van der Waals surface area contributed by atoms with Gasteiger partial charge < -0.3 is 15.2 Å². The second-order valence-electron chi connectivity index (χ2n) is 3.36. The first-order chi connectivity index (χ1) is 7.22. The number of rotatable bonds is 6. The van der Waals surface area contributed by atoms with Crippen LogP contribution < -0.4 is 10.1 Å². The second-order valence-corrected chi connectivity index (χ2v) is 3.36. The maximum atomic E-state index is 9.08. The van der Waals surface area contributed by atoms with E-state index >= 15 is 0 Å². The van der Waals surface area contributed by atoms with E-state index in [9.17, 15) is 0 Å². The van der Waals surface area contributed by atoms with Gasteiger partial charge >= 0.3 is 0 Å². The Morgan fingerprint density at radius 2 is 2.33 bits per heavy atom. The number of aromatic nitrogens is 1. The van der Waals surface area contributed by atoms with E-state index in [1.807, 2.05) is 25.1 Å². The standard InChI is InChI=1S/C11H18N2O2/c1-3-15-11-6-4-5-10(13-11)12-8-7-9(2)14/h4-6,9,14H,3,7-8H2,1-2H3,(H,12,13). The Morgan fingerprint density at radius 1 is 1.53 bits per heavy atom. The average molecular weight is 210 g/mol. The minimum absolute atomic E-state index is 0.285. The van der Waals surface area contributed by atoms with Crippen molar-refractivity contribution < 1.29 is 9.84 Å². The van der Waals surface area contributed by atoms with Crippen LogP contribution in [0.25, 0.3) is 0 Å². The molecule has 4 heteroatoms. The Labute approximate surface area is 90.3 Å². The zero-order valence-electron chi connectivity index (χ0n) is 9.23. The molecule has 2 N–H and O–H groups in total. The third kappa shape index (κ3) is 4.65. The highest BCUT2D eigenvalue weighted by Gasteiger charge is 1.98. The lowest BCUT2D eigenvalue weighted by atomic mass is 10.3. The van der Waals surface area contributed by atoms with E-state index in [2.05, 4.69) is 10.3 Å². The van der Waals surface area contributed by atoms with Crippen molar-refractivity contribution in [2.24, 2.45) is 0 Å². The van der Waals surface area contributed by atoms with E-state index < -0.39 is 0 Å². The van der Waals surface area contributed by atoms with Gasteiger partial charge in [0.1, 0.15) is 5.82 Å². The second kappa shape index (κ2) is 6.24. The van der Waals surface area contributed by atoms with Gasteiger partial charge in [-0.2, -0.15) is 4.98 Å². The molecule has 0 aliphatic rings. The lowest BCUT2D eigenvalue weighted by molar-refractivity contribution is 0.188. The SMILES string of the molecule is CCOc1cccc(NCCC(C)O)n1. The van der Waals surface area contributed by atoms with Crippen molar-refractivity contribution in [3.63, 3.8) is 0 Å². The van der Waals surface area contributed by atoms with Crippen LogP contribution in [0.2, 0.25) is 0 Å². The first-order valence-corrected chi connectivity index (χ1v) is 5.24. The monoisotopic (exact) mass is 210 g/mol. The van der Waals surface area contributed by atoms with Crippen LogP contribution in [-0.2, 0) is 0 Å². The Hall–Kier alpha value is -1.29. The molecule has 4 nitrogen and oxygen atoms in total. The summed E-state index contributed by atoms with van der Waals surface area (Å²) in [4.78, 5) is 4.24. The lowest BCUT2D eigenvalue weighted by Crippen LogP contribution is -2.10. The highest BCUT2D eigenvalue weighted by Crippen LogP contribution is 2.11. The first-order valence-electron chi connectivity index (χ1n) is 5.24. The average Bonchev–Trinajstić information content (AvgIpc) is 2.18. The van der Waals surface area contributed by atoms with Crippen molar-refractivity contribution in [1.82, 2.24) is 4.98 Å². The number of hydrogen-bond acceptors (Lipinski definition) is 4. The van der Waals surface area contributed by atoms with Crippen LogP contribution in [0.3, 0.4) is 0 Å². The first kappa shape index (κ1) is 11.8. The molecule has 1 atom stereocenters. The summed E-state index contributed by atoms with van der Waals surface area (Å²) in [5, 5.41) is 12.2. The minimum atomic E-state index is -0.285. The molecule has 0 aliphatic carbocycles. The van der Waals surface area contributed by atoms with Crippen molar-refractivity contribution in [2.45, 2.75) is 26.4 Å². The van der Waals surface area contributed by atoms with E-state index in [0.29, 0.717) is 25.5 Å². The van der Waals surface area contributed by atoms with Crippen LogP contribution in [0, 0.1) is 0 Å². The zero-order chi connectivity index (χ0) is 11.1. The molecule has 1 rings (SSSR count). The smallest absolute Gasteiger partial charge is 0.215 e. The summed E-state index contributed by atoms with van der Waals surface area (Å²) in [6, 6.07) is 5.59. The molecule has 0 bridgehead atoms. The molecule has 15 heavy (non-hydrogen) atoms. The summed E-state index contributed by atoms with van der Waals surface area (Å²) in [5.74, 6) is 1.40. The Balaban J connectivity index is 2.43. The molecule has 0 spiro atoms. The Bertz CT molecular complexity index is 290. The maximum Gasteiger partial charge on any atom is 0.215 e. The molecular weight excluding hydrogens is 192 g/mol. The van der Waals surface area contributed by atoms with E-state index in [0.717, 1.165) is 5.82 Å². The summed E-state index contributed by atoms with van der Waals surface area (Å²) in [6.07, 6.45) is 0.424. The number of aliphatic hydroxyl groups is 1. The van der Waals surface area contributed by atoms with Gasteiger partial charge in [-0.25, -0.2) is 0 Å². The van der Waals surface area contributed by atoms with Gasteiger partial charge in [-0.15, -0.1) is 0 Å². The molecule has 0 fully saturated rings. The van der Waals surface area contributed by atoms with E-state index in [-0.39, 0.29) is 6.10 Å². The van der Waals surface area contributed by atoms with Crippen molar-refractivity contribution >= 4 is 5.82 Å². The summed E-state index contributed by atoms with van der Waals surface area (Å²) in [5.41, 5.74) is 0. The number of pyridine rings is 1. The highest BCUT2D eigenvalue weighted by molar-refractivity contribution is 5.36. The van der Waals surface area contributed by atoms with Crippen LogP contribution in [0.4, 0.5) is 5.82 Å². The van der Waals surface area contributed by atoms with Gasteiger partial charge in [-0.3, -0.25) is 0 Å². The molecule has 1 aromatic rings. The molecule has 0 aliphatic heterocycles. The van der Waals surface area contributed by atoms with Gasteiger partial charge in [0, 0.05) is 12.6 Å². The maximum absolute atomic E-state index is 9.08. The van der Waals surface area contributed by atoms with Gasteiger partial charge in [0.15, 0.2) is 0 Å².